The Labute approximate surface area is 115 Å². The fraction of sp³-hybridized carbons (Fsp3) is 0.714. The van der Waals surface area contributed by atoms with E-state index in [9.17, 15) is 0 Å². The Morgan fingerprint density at radius 3 is 2.74 bits per heavy atom. The van der Waals surface area contributed by atoms with E-state index >= 15 is 0 Å². The molecule has 2 rings (SSSR count). The Kier molecular flexibility index (Phi) is 5.10. The smallest absolute Gasteiger partial charge is 0.150 e. The minimum atomic E-state index is 0.574. The highest BCUT2D eigenvalue weighted by molar-refractivity contribution is 5.42. The van der Waals surface area contributed by atoms with Crippen LogP contribution in [-0.2, 0) is 0 Å². The van der Waals surface area contributed by atoms with Crippen LogP contribution in [0.25, 0.3) is 0 Å². The second-order valence-electron chi connectivity index (χ2n) is 5.45. The van der Waals surface area contributed by atoms with Gasteiger partial charge in [-0.3, -0.25) is 4.98 Å². The molecule has 0 aliphatic carbocycles. The van der Waals surface area contributed by atoms with Gasteiger partial charge in [-0.15, -0.1) is 0 Å². The molecule has 0 spiro atoms. The monoisotopic (exact) mass is 263 g/mol. The zero-order valence-corrected chi connectivity index (χ0v) is 12.0. The molecule has 106 valence electrons. The van der Waals surface area contributed by atoms with Crippen LogP contribution in [-0.4, -0.2) is 54.1 Å². The summed E-state index contributed by atoms with van der Waals surface area (Å²) in [6.07, 6.45) is 4.71. The fourth-order valence-electron chi connectivity index (χ4n) is 2.59. The van der Waals surface area contributed by atoms with Crippen molar-refractivity contribution in [3.05, 3.63) is 18.1 Å². The van der Waals surface area contributed by atoms with E-state index in [4.69, 9.17) is 5.73 Å². The summed E-state index contributed by atoms with van der Waals surface area (Å²) in [5.74, 6) is 1.61. The molecule has 0 aromatic carbocycles. The van der Waals surface area contributed by atoms with E-state index in [1.165, 1.54) is 6.42 Å². The normalized spacial score (nSPS) is 19.2. The lowest BCUT2D eigenvalue weighted by molar-refractivity contribution is 0.255. The van der Waals surface area contributed by atoms with Crippen LogP contribution >= 0.6 is 0 Å². The summed E-state index contributed by atoms with van der Waals surface area (Å²) in [5.41, 5.74) is 6.73. The summed E-state index contributed by atoms with van der Waals surface area (Å²) in [7, 11) is 0. The van der Waals surface area contributed by atoms with Crippen LogP contribution in [0.1, 0.15) is 19.0 Å². The van der Waals surface area contributed by atoms with Gasteiger partial charge in [0.25, 0.3) is 0 Å². The predicted octanol–water partition coefficient (Wildman–Crippen LogP) is 0.892. The number of aryl methyl sites for hydroxylation is 1. The van der Waals surface area contributed by atoms with Crippen molar-refractivity contribution in [3.63, 3.8) is 0 Å². The Hall–Kier alpha value is -1.20. The maximum atomic E-state index is 5.71. The average Bonchev–Trinajstić information content (AvgIpc) is 2.65. The highest BCUT2D eigenvalue weighted by atomic mass is 15.3. The molecule has 2 N–H and O–H groups in total. The van der Waals surface area contributed by atoms with Crippen LogP contribution in [0.2, 0.25) is 0 Å². The molecule has 0 amide bonds. The molecule has 19 heavy (non-hydrogen) atoms. The van der Waals surface area contributed by atoms with Crippen molar-refractivity contribution in [2.24, 2.45) is 11.7 Å². The molecule has 2 heterocycles. The minimum Gasteiger partial charge on any atom is -0.354 e. The highest BCUT2D eigenvalue weighted by Gasteiger charge is 2.18. The Morgan fingerprint density at radius 1 is 1.21 bits per heavy atom. The van der Waals surface area contributed by atoms with Gasteiger partial charge in [0.05, 0.1) is 5.69 Å². The van der Waals surface area contributed by atoms with Crippen LogP contribution in [0.3, 0.4) is 0 Å². The average molecular weight is 263 g/mol. The molecule has 1 atom stereocenters. The first-order chi connectivity index (χ1) is 9.20. The number of anilines is 1. The molecule has 1 aromatic heterocycles. The Balaban J connectivity index is 1.95. The third-order valence-electron chi connectivity index (χ3n) is 3.72. The Morgan fingerprint density at radius 2 is 2.00 bits per heavy atom. The maximum absolute atomic E-state index is 5.71. The van der Waals surface area contributed by atoms with Crippen LogP contribution < -0.4 is 10.6 Å². The summed E-state index contributed by atoms with van der Waals surface area (Å²) in [4.78, 5) is 13.7. The van der Waals surface area contributed by atoms with Crippen LogP contribution in [0.5, 0.6) is 0 Å². The highest BCUT2D eigenvalue weighted by Crippen LogP contribution is 2.16. The summed E-state index contributed by atoms with van der Waals surface area (Å²) in [6.45, 7) is 10.4. The van der Waals surface area contributed by atoms with Crippen LogP contribution in [0.4, 0.5) is 5.82 Å². The number of aromatic nitrogens is 2. The van der Waals surface area contributed by atoms with E-state index in [0.29, 0.717) is 5.92 Å². The van der Waals surface area contributed by atoms with Gasteiger partial charge in [0.15, 0.2) is 0 Å². The topological polar surface area (TPSA) is 58.3 Å². The first-order valence-corrected chi connectivity index (χ1v) is 7.15. The second kappa shape index (κ2) is 6.82. The quantitative estimate of drug-likeness (QED) is 0.874. The van der Waals surface area contributed by atoms with Gasteiger partial charge in [-0.2, -0.15) is 0 Å². The zero-order valence-electron chi connectivity index (χ0n) is 12.0. The SMILES string of the molecule is Cc1nccnc1N1CCCN(CC(C)CN)CC1. The van der Waals surface area contributed by atoms with Crippen molar-refractivity contribution in [1.29, 1.82) is 0 Å². The molecule has 1 saturated heterocycles. The first-order valence-electron chi connectivity index (χ1n) is 7.15. The van der Waals surface area contributed by atoms with Gasteiger partial charge >= 0.3 is 0 Å². The number of hydrogen-bond acceptors (Lipinski definition) is 5. The predicted molar refractivity (Wildman–Crippen MR) is 78.3 cm³/mol. The van der Waals surface area contributed by atoms with E-state index in [0.717, 1.165) is 50.8 Å². The molecule has 1 unspecified atom stereocenters. The molecule has 1 fully saturated rings. The van der Waals surface area contributed by atoms with E-state index in [1.54, 1.807) is 12.4 Å². The van der Waals surface area contributed by atoms with Crippen LogP contribution in [0.15, 0.2) is 12.4 Å². The molecule has 0 saturated carbocycles. The largest absolute Gasteiger partial charge is 0.354 e. The van der Waals surface area contributed by atoms with Crippen molar-refractivity contribution in [2.45, 2.75) is 20.3 Å². The maximum Gasteiger partial charge on any atom is 0.150 e. The lowest BCUT2D eigenvalue weighted by atomic mass is 10.1. The molecular weight excluding hydrogens is 238 g/mol. The minimum absolute atomic E-state index is 0.574. The van der Waals surface area contributed by atoms with Gasteiger partial charge in [-0.25, -0.2) is 4.98 Å². The third kappa shape index (κ3) is 3.88. The van der Waals surface area contributed by atoms with E-state index in [-0.39, 0.29) is 0 Å². The summed E-state index contributed by atoms with van der Waals surface area (Å²) >= 11 is 0. The zero-order chi connectivity index (χ0) is 13.7. The summed E-state index contributed by atoms with van der Waals surface area (Å²) in [5, 5.41) is 0. The summed E-state index contributed by atoms with van der Waals surface area (Å²) in [6, 6.07) is 0. The lowest BCUT2D eigenvalue weighted by Crippen LogP contribution is -2.35. The van der Waals surface area contributed by atoms with Crippen molar-refractivity contribution in [1.82, 2.24) is 14.9 Å². The Bertz CT molecular complexity index is 395. The summed E-state index contributed by atoms with van der Waals surface area (Å²) < 4.78 is 0. The molecule has 1 aliphatic rings. The first kappa shape index (κ1) is 14.2. The third-order valence-corrected chi connectivity index (χ3v) is 3.72. The van der Waals surface area contributed by atoms with Crippen molar-refractivity contribution in [3.8, 4) is 0 Å². The van der Waals surface area contributed by atoms with E-state index < -0.39 is 0 Å². The van der Waals surface area contributed by atoms with Crippen molar-refractivity contribution < 1.29 is 0 Å². The van der Waals surface area contributed by atoms with Crippen LogP contribution in [0, 0.1) is 12.8 Å². The van der Waals surface area contributed by atoms with Gasteiger partial charge in [-0.05, 0) is 32.4 Å². The number of rotatable bonds is 4. The lowest BCUT2D eigenvalue weighted by Gasteiger charge is -2.24. The van der Waals surface area contributed by atoms with Gasteiger partial charge in [0.1, 0.15) is 5.82 Å². The van der Waals surface area contributed by atoms with Gasteiger partial charge in [0, 0.05) is 38.6 Å². The van der Waals surface area contributed by atoms with E-state index in [2.05, 4.69) is 26.7 Å². The standard InChI is InChI=1S/C14H25N5/c1-12(10-15)11-18-6-3-7-19(9-8-18)14-13(2)16-4-5-17-14/h4-5,12H,3,6-11,15H2,1-2H3. The molecule has 5 nitrogen and oxygen atoms in total. The molecule has 1 aliphatic heterocycles. The number of nitrogens with two attached hydrogens (primary N) is 1. The molecule has 0 radical (unpaired) electrons. The van der Waals surface area contributed by atoms with Crippen molar-refractivity contribution >= 4 is 5.82 Å². The van der Waals surface area contributed by atoms with Gasteiger partial charge in [-0.1, -0.05) is 6.92 Å². The van der Waals surface area contributed by atoms with Gasteiger partial charge in [0.2, 0.25) is 0 Å². The molecule has 1 aromatic rings. The molecule has 0 bridgehead atoms. The fourth-order valence-corrected chi connectivity index (χ4v) is 2.59. The number of hydrogen-bond donors (Lipinski definition) is 1. The number of nitrogens with zero attached hydrogens (tertiary/aromatic N) is 4. The van der Waals surface area contributed by atoms with Crippen molar-refractivity contribution in [2.75, 3.05) is 44.2 Å². The van der Waals surface area contributed by atoms with E-state index in [1.807, 2.05) is 6.92 Å². The second-order valence-corrected chi connectivity index (χ2v) is 5.45. The molecule has 5 heteroatoms. The molecular formula is C14H25N5. The van der Waals surface area contributed by atoms with Gasteiger partial charge < -0.3 is 15.5 Å².